The first kappa shape index (κ1) is 20.6. The van der Waals surface area contributed by atoms with E-state index in [9.17, 15) is 13.2 Å². The number of carbonyl (C=O) groups is 1. The third-order valence-electron chi connectivity index (χ3n) is 4.62. The van der Waals surface area contributed by atoms with Crippen LogP contribution < -0.4 is 4.72 Å². The molecule has 3 rings (SSSR count). The highest BCUT2D eigenvalue weighted by molar-refractivity contribution is 8.01. The summed E-state index contributed by atoms with van der Waals surface area (Å²) in [5.74, 6) is -0.823. The van der Waals surface area contributed by atoms with Crippen molar-refractivity contribution < 1.29 is 17.9 Å². The SMILES string of the molecule is COC(=O)[C@H](NS(=O)(=O)c1ccc2nc(SC3CCCC3)sc2c1)C(C)C. The van der Waals surface area contributed by atoms with Gasteiger partial charge in [0, 0.05) is 5.25 Å². The minimum absolute atomic E-state index is 0.130. The Morgan fingerprint density at radius 3 is 2.67 bits per heavy atom. The lowest BCUT2D eigenvalue weighted by Crippen LogP contribution is -2.44. The van der Waals surface area contributed by atoms with Gasteiger partial charge in [0.05, 0.1) is 22.2 Å². The molecule has 2 aromatic rings. The topological polar surface area (TPSA) is 85.4 Å². The quantitative estimate of drug-likeness (QED) is 0.675. The van der Waals surface area contributed by atoms with Crippen molar-refractivity contribution in [2.45, 2.75) is 60.1 Å². The van der Waals surface area contributed by atoms with Crippen LogP contribution in [-0.2, 0) is 19.6 Å². The number of esters is 1. The van der Waals surface area contributed by atoms with Crippen molar-refractivity contribution in [3.05, 3.63) is 18.2 Å². The summed E-state index contributed by atoms with van der Waals surface area (Å²) in [4.78, 5) is 16.6. The van der Waals surface area contributed by atoms with Gasteiger partial charge in [-0.2, -0.15) is 4.72 Å². The van der Waals surface area contributed by atoms with E-state index in [0.29, 0.717) is 5.25 Å². The summed E-state index contributed by atoms with van der Waals surface area (Å²) < 4.78 is 34.5. The van der Waals surface area contributed by atoms with Gasteiger partial charge in [-0.25, -0.2) is 13.4 Å². The summed E-state index contributed by atoms with van der Waals surface area (Å²) in [5.41, 5.74) is 0.799. The van der Waals surface area contributed by atoms with Gasteiger partial charge in [-0.15, -0.1) is 11.3 Å². The fraction of sp³-hybridized carbons (Fsp3) is 0.556. The molecule has 9 heteroatoms. The van der Waals surface area contributed by atoms with E-state index >= 15 is 0 Å². The van der Waals surface area contributed by atoms with Gasteiger partial charge in [-0.05, 0) is 37.0 Å². The zero-order valence-corrected chi connectivity index (χ0v) is 18.0. The first-order valence-electron chi connectivity index (χ1n) is 8.97. The second-order valence-electron chi connectivity index (χ2n) is 7.00. The van der Waals surface area contributed by atoms with Crippen molar-refractivity contribution in [2.24, 2.45) is 5.92 Å². The molecule has 1 fully saturated rings. The maximum absolute atomic E-state index is 12.8. The number of ether oxygens (including phenoxy) is 1. The maximum atomic E-state index is 12.8. The highest BCUT2D eigenvalue weighted by atomic mass is 32.2. The molecular weight excluding hydrogens is 404 g/mol. The minimum Gasteiger partial charge on any atom is -0.468 e. The van der Waals surface area contributed by atoms with Gasteiger partial charge in [0.15, 0.2) is 4.34 Å². The number of thioether (sulfide) groups is 1. The number of methoxy groups -OCH3 is 1. The Hall–Kier alpha value is -1.16. The number of benzene rings is 1. The van der Waals surface area contributed by atoms with Crippen LogP contribution >= 0.6 is 23.1 Å². The smallest absolute Gasteiger partial charge is 0.324 e. The molecule has 0 amide bonds. The normalized spacial score (nSPS) is 16.9. The first-order chi connectivity index (χ1) is 12.8. The zero-order chi connectivity index (χ0) is 19.6. The molecule has 0 radical (unpaired) electrons. The number of nitrogens with one attached hydrogen (secondary N) is 1. The predicted molar refractivity (Wildman–Crippen MR) is 109 cm³/mol. The van der Waals surface area contributed by atoms with Crippen LogP contribution in [0.5, 0.6) is 0 Å². The van der Waals surface area contributed by atoms with Gasteiger partial charge in [0.1, 0.15) is 6.04 Å². The summed E-state index contributed by atoms with van der Waals surface area (Å²) in [6.07, 6.45) is 4.98. The summed E-state index contributed by atoms with van der Waals surface area (Å²) in [6, 6.07) is 3.96. The number of aromatic nitrogens is 1. The number of carbonyl (C=O) groups excluding carboxylic acids is 1. The predicted octanol–water partition coefficient (Wildman–Crippen LogP) is 3.81. The van der Waals surface area contributed by atoms with Gasteiger partial charge in [0.2, 0.25) is 10.0 Å². The molecule has 0 saturated heterocycles. The van der Waals surface area contributed by atoms with Crippen molar-refractivity contribution in [3.8, 4) is 0 Å². The van der Waals surface area contributed by atoms with Crippen LogP contribution in [0, 0.1) is 5.92 Å². The summed E-state index contributed by atoms with van der Waals surface area (Å²) in [5, 5.41) is 0.613. The average molecular weight is 429 g/mol. The molecule has 27 heavy (non-hydrogen) atoms. The number of fused-ring (bicyclic) bond motifs is 1. The average Bonchev–Trinajstić information content (AvgIpc) is 3.27. The van der Waals surface area contributed by atoms with Gasteiger partial charge >= 0.3 is 5.97 Å². The molecule has 1 aliphatic rings. The van der Waals surface area contributed by atoms with Crippen molar-refractivity contribution in [1.29, 1.82) is 0 Å². The molecule has 0 bridgehead atoms. The van der Waals surface area contributed by atoms with E-state index in [1.807, 2.05) is 0 Å². The number of sulfonamides is 1. The largest absolute Gasteiger partial charge is 0.468 e. The van der Waals surface area contributed by atoms with Gasteiger partial charge < -0.3 is 4.74 Å². The lowest BCUT2D eigenvalue weighted by molar-refractivity contribution is -0.143. The Bertz CT molecular complexity index is 918. The molecule has 6 nitrogen and oxygen atoms in total. The third kappa shape index (κ3) is 4.82. The number of hydrogen-bond donors (Lipinski definition) is 1. The van der Waals surface area contributed by atoms with Crippen LogP contribution in [0.15, 0.2) is 27.4 Å². The highest BCUT2D eigenvalue weighted by Crippen LogP contribution is 2.38. The number of thiazole rings is 1. The second-order valence-corrected chi connectivity index (χ2v) is 11.3. The van der Waals surface area contributed by atoms with E-state index in [1.165, 1.54) is 50.2 Å². The minimum atomic E-state index is -3.84. The fourth-order valence-corrected chi connectivity index (χ4v) is 7.11. The lowest BCUT2D eigenvalue weighted by atomic mass is 10.1. The van der Waals surface area contributed by atoms with E-state index in [2.05, 4.69) is 9.71 Å². The number of rotatable bonds is 7. The monoisotopic (exact) mass is 428 g/mol. The molecule has 0 spiro atoms. The standard InChI is InChI=1S/C18H24N2O4S3/c1-11(2)16(17(21)24-3)20-27(22,23)13-8-9-14-15(10-13)26-18(19-14)25-12-6-4-5-7-12/h8-12,16,20H,4-7H2,1-3H3/t16-/m1/s1. The maximum Gasteiger partial charge on any atom is 0.324 e. The van der Waals surface area contributed by atoms with Crippen LogP contribution in [0.4, 0.5) is 0 Å². The van der Waals surface area contributed by atoms with Crippen LogP contribution in [0.1, 0.15) is 39.5 Å². The Morgan fingerprint density at radius 2 is 2.04 bits per heavy atom. The number of hydrogen-bond acceptors (Lipinski definition) is 7. The molecule has 1 aromatic carbocycles. The van der Waals surface area contributed by atoms with Crippen molar-refractivity contribution in [2.75, 3.05) is 7.11 Å². The van der Waals surface area contributed by atoms with E-state index in [1.54, 1.807) is 37.7 Å². The molecule has 1 N–H and O–H groups in total. The van der Waals surface area contributed by atoms with E-state index in [0.717, 1.165) is 14.6 Å². The summed E-state index contributed by atoms with van der Waals surface area (Å²) >= 11 is 3.31. The van der Waals surface area contributed by atoms with E-state index < -0.39 is 22.0 Å². The molecule has 1 heterocycles. The Labute approximate surface area is 168 Å². The molecular formula is C18H24N2O4S3. The Balaban J connectivity index is 1.83. The van der Waals surface area contributed by atoms with Crippen molar-refractivity contribution in [1.82, 2.24) is 9.71 Å². The third-order valence-corrected chi connectivity index (χ3v) is 8.51. The molecule has 1 aromatic heterocycles. The summed E-state index contributed by atoms with van der Waals surface area (Å²) in [7, 11) is -2.59. The Kier molecular flexibility index (Phi) is 6.45. The Morgan fingerprint density at radius 1 is 1.33 bits per heavy atom. The molecule has 1 aliphatic carbocycles. The fourth-order valence-electron chi connectivity index (χ4n) is 3.07. The van der Waals surface area contributed by atoms with E-state index in [4.69, 9.17) is 4.74 Å². The number of nitrogens with zero attached hydrogens (tertiary/aromatic N) is 1. The van der Waals surface area contributed by atoms with Gasteiger partial charge in [-0.3, -0.25) is 4.79 Å². The second kappa shape index (κ2) is 8.46. The molecule has 1 saturated carbocycles. The van der Waals surface area contributed by atoms with Gasteiger partial charge in [-0.1, -0.05) is 38.5 Å². The van der Waals surface area contributed by atoms with Crippen LogP contribution in [0.2, 0.25) is 0 Å². The lowest BCUT2D eigenvalue weighted by Gasteiger charge is -2.19. The van der Waals surface area contributed by atoms with Crippen molar-refractivity contribution in [3.63, 3.8) is 0 Å². The zero-order valence-electron chi connectivity index (χ0n) is 15.6. The molecule has 0 aliphatic heterocycles. The van der Waals surface area contributed by atoms with Crippen molar-refractivity contribution >= 4 is 49.3 Å². The van der Waals surface area contributed by atoms with Gasteiger partial charge in [0.25, 0.3) is 0 Å². The van der Waals surface area contributed by atoms with Crippen LogP contribution in [0.25, 0.3) is 10.2 Å². The van der Waals surface area contributed by atoms with E-state index in [-0.39, 0.29) is 10.8 Å². The molecule has 1 atom stereocenters. The highest BCUT2D eigenvalue weighted by Gasteiger charge is 2.29. The molecule has 148 valence electrons. The van der Waals surface area contributed by atoms with Crippen LogP contribution in [0.3, 0.4) is 0 Å². The first-order valence-corrected chi connectivity index (χ1v) is 12.2. The molecule has 0 unspecified atom stereocenters. The van der Waals surface area contributed by atoms with Crippen LogP contribution in [-0.4, -0.2) is 37.8 Å². The summed E-state index contributed by atoms with van der Waals surface area (Å²) in [6.45, 7) is 3.53.